The largest absolute Gasteiger partial charge is 0.383 e. The van der Waals surface area contributed by atoms with E-state index in [1.54, 1.807) is 36.5 Å². The van der Waals surface area contributed by atoms with Crippen molar-refractivity contribution in [3.8, 4) is 22.3 Å². The Hall–Kier alpha value is -4.32. The minimum atomic E-state index is -2.50. The fraction of sp³-hybridized carbons (Fsp3) is 0.0714. The van der Waals surface area contributed by atoms with E-state index in [0.717, 1.165) is 37.2 Å². The van der Waals surface area contributed by atoms with Crippen molar-refractivity contribution in [3.05, 3.63) is 95.3 Å². The zero-order chi connectivity index (χ0) is 27.7. The molecule has 0 saturated heterocycles. The number of benzene rings is 3. The number of hydrogen-bond acceptors (Lipinski definition) is 7. The van der Waals surface area contributed by atoms with Crippen molar-refractivity contribution < 1.29 is 17.6 Å². The second-order valence-corrected chi connectivity index (χ2v) is 10.7. The van der Waals surface area contributed by atoms with E-state index in [1.807, 2.05) is 29.6 Å². The summed E-state index contributed by atoms with van der Waals surface area (Å²) >= 11 is 1.51. The highest BCUT2D eigenvalue weighted by molar-refractivity contribution is 7.71. The highest BCUT2D eigenvalue weighted by atomic mass is 32.2. The van der Waals surface area contributed by atoms with Crippen LogP contribution in [0.2, 0.25) is 0 Å². The van der Waals surface area contributed by atoms with Gasteiger partial charge in [0, 0.05) is 34.0 Å². The van der Waals surface area contributed by atoms with Crippen LogP contribution in [0.3, 0.4) is 0 Å². The molecular weight excluding hydrogens is 537 g/mol. The number of halogens is 1. The number of nitrogens with zero attached hydrogens (tertiary/aromatic N) is 2. The van der Waals surface area contributed by atoms with Gasteiger partial charge in [-0.15, -0.1) is 11.3 Å². The molecule has 3 aromatic carbocycles. The summed E-state index contributed by atoms with van der Waals surface area (Å²) in [4.78, 5) is 17.8. The lowest BCUT2D eigenvalue weighted by atomic mass is 10.0. The first-order valence-electron chi connectivity index (χ1n) is 11.8. The smallest absolute Gasteiger partial charge is 0.323 e. The third-order valence-corrected chi connectivity index (χ3v) is 7.98. The Bertz CT molecular complexity index is 1760. The van der Waals surface area contributed by atoms with Gasteiger partial charge in [0.15, 0.2) is 0 Å². The van der Waals surface area contributed by atoms with Crippen LogP contribution in [0.4, 0.5) is 26.4 Å². The predicted octanol–water partition coefficient (Wildman–Crippen LogP) is 5.14. The van der Waals surface area contributed by atoms with Crippen molar-refractivity contribution in [1.29, 1.82) is 0 Å². The number of urea groups is 1. The Labute approximate surface area is 229 Å². The normalized spacial score (nSPS) is 11.3. The van der Waals surface area contributed by atoms with Crippen molar-refractivity contribution in [2.24, 2.45) is 11.5 Å². The van der Waals surface area contributed by atoms with E-state index in [-0.39, 0.29) is 18.0 Å². The maximum absolute atomic E-state index is 14.6. The highest BCUT2D eigenvalue weighted by Gasteiger charge is 2.20. The van der Waals surface area contributed by atoms with E-state index in [2.05, 4.69) is 4.98 Å². The molecule has 0 saturated carbocycles. The molecule has 2 amide bonds. The number of aromatic nitrogens is 1. The SMILES string of the molecule is NCc1ccc(F)c(N(C(N)=O)c2ccc(-c3csc4c(-c5ccc(C[SH](=O)=O)cc5)cnc(N)c34)cc2)c1. The topological polar surface area (TPSA) is 145 Å². The van der Waals surface area contributed by atoms with Crippen LogP contribution in [0.25, 0.3) is 32.3 Å². The number of amides is 2. The van der Waals surface area contributed by atoms with Crippen LogP contribution >= 0.6 is 11.3 Å². The van der Waals surface area contributed by atoms with Crippen LogP contribution in [0.15, 0.2) is 78.3 Å². The summed E-state index contributed by atoms with van der Waals surface area (Å²) < 4.78 is 37.7. The number of rotatable bonds is 7. The number of primary amides is 1. The lowest BCUT2D eigenvalue weighted by Gasteiger charge is -2.22. The maximum atomic E-state index is 14.6. The van der Waals surface area contributed by atoms with Crippen LogP contribution < -0.4 is 22.1 Å². The standard InChI is InChI=1S/C28H24FN5O3S2/c29-23-10-3-17(12-30)11-24(23)34(28(32)35)20-8-6-19(7-9-20)22-14-38-26-21(13-33-27(31)25(22)26)18-4-1-16(2-5-18)15-39(36)37/h1-11,13-14,39H,12,15,30H2,(H2,31,33)(H2,32,35). The molecule has 39 heavy (non-hydrogen) atoms. The summed E-state index contributed by atoms with van der Waals surface area (Å²) in [6.07, 6.45) is 1.71. The molecule has 6 N–H and O–H groups in total. The third kappa shape index (κ3) is 5.19. The van der Waals surface area contributed by atoms with Crippen molar-refractivity contribution in [2.75, 3.05) is 10.6 Å². The van der Waals surface area contributed by atoms with Gasteiger partial charge < -0.3 is 17.2 Å². The molecule has 0 aliphatic rings. The van der Waals surface area contributed by atoms with Gasteiger partial charge in [-0.2, -0.15) is 0 Å². The first-order valence-corrected chi connectivity index (χ1v) is 14.1. The fourth-order valence-corrected chi connectivity index (χ4v) is 6.08. The lowest BCUT2D eigenvalue weighted by Crippen LogP contribution is -2.32. The second kappa shape index (κ2) is 10.8. The Balaban J connectivity index is 1.53. The van der Waals surface area contributed by atoms with Crippen LogP contribution in [0, 0.1) is 5.82 Å². The molecule has 0 unspecified atom stereocenters. The molecule has 0 aliphatic carbocycles. The van der Waals surface area contributed by atoms with E-state index in [9.17, 15) is 17.6 Å². The number of anilines is 3. The molecule has 8 nitrogen and oxygen atoms in total. The van der Waals surface area contributed by atoms with Gasteiger partial charge in [-0.25, -0.2) is 22.6 Å². The van der Waals surface area contributed by atoms with E-state index < -0.39 is 22.6 Å². The summed E-state index contributed by atoms with van der Waals surface area (Å²) in [5, 5.41) is 2.76. The number of hydrogen-bond donors (Lipinski definition) is 4. The van der Waals surface area contributed by atoms with Crippen molar-refractivity contribution >= 4 is 55.4 Å². The maximum Gasteiger partial charge on any atom is 0.323 e. The minimum absolute atomic E-state index is 0.0115. The van der Waals surface area contributed by atoms with Crippen LogP contribution in [0.5, 0.6) is 0 Å². The van der Waals surface area contributed by atoms with Crippen LogP contribution in [0.1, 0.15) is 11.1 Å². The van der Waals surface area contributed by atoms with Gasteiger partial charge in [-0.3, -0.25) is 4.90 Å². The molecule has 0 radical (unpaired) electrons. The molecule has 2 aromatic heterocycles. The Morgan fingerprint density at radius 1 is 0.949 bits per heavy atom. The summed E-state index contributed by atoms with van der Waals surface area (Å²) in [5.41, 5.74) is 22.9. The van der Waals surface area contributed by atoms with Gasteiger partial charge >= 0.3 is 6.03 Å². The van der Waals surface area contributed by atoms with Gasteiger partial charge in [0.1, 0.15) is 22.3 Å². The zero-order valence-electron chi connectivity index (χ0n) is 20.5. The van der Waals surface area contributed by atoms with E-state index in [4.69, 9.17) is 17.2 Å². The van der Waals surface area contributed by atoms with Gasteiger partial charge in [-0.05, 0) is 51.9 Å². The number of carbonyl (C=O) groups is 1. The summed E-state index contributed by atoms with van der Waals surface area (Å²) in [6, 6.07) is 17.8. The molecule has 0 aliphatic heterocycles. The molecule has 0 spiro atoms. The van der Waals surface area contributed by atoms with Gasteiger partial charge in [0.25, 0.3) is 0 Å². The number of thiol groups is 1. The molecule has 0 fully saturated rings. The van der Waals surface area contributed by atoms with Gasteiger partial charge in [-0.1, -0.05) is 42.5 Å². The van der Waals surface area contributed by atoms with Crippen molar-refractivity contribution in [2.45, 2.75) is 12.3 Å². The first kappa shape index (κ1) is 26.3. The van der Waals surface area contributed by atoms with E-state index in [0.29, 0.717) is 22.6 Å². The Morgan fingerprint density at radius 2 is 1.59 bits per heavy atom. The van der Waals surface area contributed by atoms with Crippen molar-refractivity contribution in [1.82, 2.24) is 4.98 Å². The summed E-state index contributed by atoms with van der Waals surface area (Å²) in [5.74, 6) is -0.240. The van der Waals surface area contributed by atoms with Crippen LogP contribution in [-0.2, 0) is 23.0 Å². The molecule has 0 atom stereocenters. The van der Waals surface area contributed by atoms with Crippen LogP contribution in [-0.4, -0.2) is 19.4 Å². The average molecular weight is 562 g/mol. The van der Waals surface area contributed by atoms with Crippen molar-refractivity contribution in [3.63, 3.8) is 0 Å². The Morgan fingerprint density at radius 3 is 2.23 bits per heavy atom. The second-order valence-electron chi connectivity index (χ2n) is 8.81. The number of nitrogen functional groups attached to an aromatic ring is 1. The number of thiophene rings is 1. The number of nitrogens with two attached hydrogens (primary N) is 3. The predicted molar refractivity (Wildman–Crippen MR) is 155 cm³/mol. The molecule has 5 aromatic rings. The van der Waals surface area contributed by atoms with E-state index in [1.165, 1.54) is 23.5 Å². The molecule has 5 rings (SSSR count). The molecule has 11 heteroatoms. The molecule has 198 valence electrons. The van der Waals surface area contributed by atoms with E-state index >= 15 is 0 Å². The van der Waals surface area contributed by atoms with Gasteiger partial charge in [0.05, 0.1) is 17.1 Å². The van der Waals surface area contributed by atoms with Gasteiger partial charge in [0.2, 0.25) is 0 Å². The first-order chi connectivity index (χ1) is 18.8. The third-order valence-electron chi connectivity index (χ3n) is 6.35. The molecular formula is C28H24FN5O3S2. The summed E-state index contributed by atoms with van der Waals surface area (Å²) in [7, 11) is -2.50. The number of fused-ring (bicyclic) bond motifs is 1. The minimum Gasteiger partial charge on any atom is -0.383 e. The molecule has 0 bridgehead atoms. The number of carbonyl (C=O) groups excluding carboxylic acids is 1. The monoisotopic (exact) mass is 561 g/mol. The summed E-state index contributed by atoms with van der Waals surface area (Å²) in [6.45, 7) is 0.188. The Kier molecular flexibility index (Phi) is 7.29. The number of pyridine rings is 1. The lowest BCUT2D eigenvalue weighted by molar-refractivity contribution is 0.256. The molecule has 2 heterocycles. The average Bonchev–Trinajstić information content (AvgIpc) is 3.37. The quantitative estimate of drug-likeness (QED) is 0.203. The highest BCUT2D eigenvalue weighted by Crippen LogP contribution is 2.42. The zero-order valence-corrected chi connectivity index (χ0v) is 22.2. The fourth-order valence-electron chi connectivity index (χ4n) is 4.46.